The molecule has 4 rings (SSSR count). The van der Waals surface area contributed by atoms with Crippen molar-refractivity contribution in [3.05, 3.63) is 102 Å². The highest BCUT2D eigenvalue weighted by Crippen LogP contribution is 2.23. The number of fused-ring (bicyclic) bond motifs is 1. The lowest BCUT2D eigenvalue weighted by Crippen LogP contribution is -2.27. The smallest absolute Gasteiger partial charge is 0.233 e. The third kappa shape index (κ3) is 5.11. The first-order valence-corrected chi connectivity index (χ1v) is 10.4. The van der Waals surface area contributed by atoms with Crippen LogP contribution in [-0.2, 0) is 4.79 Å². The Morgan fingerprint density at radius 3 is 2.50 bits per heavy atom. The van der Waals surface area contributed by atoms with E-state index in [1.807, 2.05) is 66.7 Å². The van der Waals surface area contributed by atoms with E-state index in [0.717, 1.165) is 21.9 Å². The first-order valence-electron chi connectivity index (χ1n) is 10.4. The van der Waals surface area contributed by atoms with E-state index in [9.17, 15) is 9.90 Å². The Balaban J connectivity index is 1.39. The van der Waals surface area contributed by atoms with Crippen LogP contribution in [0, 0.1) is 0 Å². The van der Waals surface area contributed by atoms with Crippen LogP contribution in [0.4, 0.5) is 5.69 Å². The van der Waals surface area contributed by atoms with Crippen LogP contribution in [0.5, 0.6) is 5.75 Å². The van der Waals surface area contributed by atoms with Crippen LogP contribution in [0.1, 0.15) is 23.1 Å². The number of ether oxygens (including phenoxy) is 1. The summed E-state index contributed by atoms with van der Waals surface area (Å²) in [5.74, 6) is -0.0516. The number of hydrogen-bond acceptors (Lipinski definition) is 5. The zero-order valence-electron chi connectivity index (χ0n) is 17.5. The van der Waals surface area contributed by atoms with Gasteiger partial charge in [-0.3, -0.25) is 9.78 Å². The second-order valence-corrected chi connectivity index (χ2v) is 7.52. The fourth-order valence-electron chi connectivity index (χ4n) is 3.53. The molecule has 0 aliphatic carbocycles. The summed E-state index contributed by atoms with van der Waals surface area (Å²) in [4.78, 5) is 17.0. The van der Waals surface area contributed by atoms with Crippen LogP contribution in [0.25, 0.3) is 10.8 Å². The molecule has 3 aromatic carbocycles. The van der Waals surface area contributed by atoms with Crippen LogP contribution in [0.3, 0.4) is 0 Å². The summed E-state index contributed by atoms with van der Waals surface area (Å²) in [6.07, 6.45) is 2.79. The number of aromatic nitrogens is 1. The van der Waals surface area contributed by atoms with E-state index in [1.165, 1.54) is 0 Å². The zero-order valence-corrected chi connectivity index (χ0v) is 17.5. The normalized spacial score (nSPS) is 12.8. The maximum Gasteiger partial charge on any atom is 0.233 e. The molecule has 0 saturated heterocycles. The Hall–Kier alpha value is -3.74. The van der Waals surface area contributed by atoms with Crippen LogP contribution >= 0.6 is 0 Å². The van der Waals surface area contributed by atoms with Crippen molar-refractivity contribution in [1.29, 1.82) is 0 Å². The van der Waals surface area contributed by atoms with Crippen molar-refractivity contribution in [2.45, 2.75) is 12.0 Å². The Labute approximate surface area is 186 Å². The first-order chi connectivity index (χ1) is 15.6. The quantitative estimate of drug-likeness (QED) is 0.394. The van der Waals surface area contributed by atoms with E-state index in [4.69, 9.17) is 10.5 Å². The number of amides is 1. The number of hydrogen-bond donors (Lipinski definition) is 3. The minimum Gasteiger partial charge on any atom is -0.491 e. The molecule has 0 aliphatic rings. The number of aliphatic hydroxyl groups excluding tert-OH is 1. The van der Waals surface area contributed by atoms with Crippen molar-refractivity contribution in [3.8, 4) is 5.75 Å². The van der Waals surface area contributed by atoms with Gasteiger partial charge in [0.25, 0.3) is 0 Å². The summed E-state index contributed by atoms with van der Waals surface area (Å²) in [6.45, 7) is 0.317. The number of nitrogens with one attached hydrogen (secondary N) is 1. The molecule has 6 nitrogen and oxygen atoms in total. The van der Waals surface area contributed by atoms with Gasteiger partial charge in [-0.05, 0) is 46.8 Å². The minimum atomic E-state index is -0.712. The Morgan fingerprint density at radius 2 is 1.75 bits per heavy atom. The fraction of sp³-hybridized carbons (Fsp3) is 0.154. The predicted molar refractivity (Wildman–Crippen MR) is 126 cm³/mol. The van der Waals surface area contributed by atoms with Gasteiger partial charge in [-0.15, -0.1) is 0 Å². The Bertz CT molecular complexity index is 1180. The van der Waals surface area contributed by atoms with Gasteiger partial charge < -0.3 is 20.9 Å². The molecule has 0 spiro atoms. The highest BCUT2D eigenvalue weighted by atomic mass is 16.5. The molecule has 1 aromatic heterocycles. The molecule has 4 N–H and O–H groups in total. The Morgan fingerprint density at radius 1 is 0.969 bits per heavy atom. The third-order valence-electron chi connectivity index (χ3n) is 5.33. The van der Waals surface area contributed by atoms with Gasteiger partial charge in [-0.2, -0.15) is 0 Å². The number of rotatable bonds is 8. The van der Waals surface area contributed by atoms with Crippen molar-refractivity contribution in [2.24, 2.45) is 5.73 Å². The highest BCUT2D eigenvalue weighted by molar-refractivity contribution is 5.98. The largest absolute Gasteiger partial charge is 0.491 e. The number of carbonyl (C=O) groups is 1. The second kappa shape index (κ2) is 10.0. The van der Waals surface area contributed by atoms with Crippen molar-refractivity contribution < 1.29 is 14.6 Å². The average molecular weight is 428 g/mol. The molecule has 0 bridgehead atoms. The predicted octanol–water partition coefficient (Wildman–Crippen LogP) is 4.03. The molecule has 32 heavy (non-hydrogen) atoms. The van der Waals surface area contributed by atoms with E-state index in [2.05, 4.69) is 10.3 Å². The van der Waals surface area contributed by atoms with E-state index < -0.39 is 12.0 Å². The molecule has 0 fully saturated rings. The molecule has 0 radical (unpaired) electrons. The molecular formula is C26H25N3O3. The maximum absolute atomic E-state index is 12.9. The summed E-state index contributed by atoms with van der Waals surface area (Å²) in [5, 5.41) is 15.2. The van der Waals surface area contributed by atoms with Gasteiger partial charge in [0.1, 0.15) is 18.5 Å². The number of benzene rings is 3. The lowest BCUT2D eigenvalue weighted by Gasteiger charge is -2.17. The molecule has 0 saturated carbocycles. The summed E-state index contributed by atoms with van der Waals surface area (Å²) in [7, 11) is 0. The molecule has 1 heterocycles. The summed E-state index contributed by atoms with van der Waals surface area (Å²) >= 11 is 0. The molecule has 0 aliphatic heterocycles. The summed E-state index contributed by atoms with van der Waals surface area (Å²) in [6, 6.07) is 24.2. The van der Waals surface area contributed by atoms with E-state index >= 15 is 0 Å². The molecular weight excluding hydrogens is 402 g/mol. The van der Waals surface area contributed by atoms with E-state index in [-0.39, 0.29) is 19.1 Å². The monoisotopic (exact) mass is 427 g/mol. The SMILES string of the molecule is NCC(C(=O)Nc1ccc2cnccc2c1)c1ccc(OCC(O)c2ccccc2)cc1. The molecule has 2 unspecified atom stereocenters. The molecule has 1 amide bonds. The summed E-state index contributed by atoms with van der Waals surface area (Å²) in [5.41, 5.74) is 8.22. The van der Waals surface area contributed by atoms with Crippen molar-refractivity contribution >= 4 is 22.4 Å². The van der Waals surface area contributed by atoms with E-state index in [1.54, 1.807) is 24.5 Å². The molecule has 162 valence electrons. The average Bonchev–Trinajstić information content (AvgIpc) is 2.84. The fourth-order valence-corrected chi connectivity index (χ4v) is 3.53. The van der Waals surface area contributed by atoms with Gasteiger partial charge in [0.2, 0.25) is 5.91 Å². The Kier molecular flexibility index (Phi) is 6.75. The van der Waals surface area contributed by atoms with Crippen molar-refractivity contribution in [1.82, 2.24) is 4.98 Å². The van der Waals surface area contributed by atoms with Crippen molar-refractivity contribution in [2.75, 3.05) is 18.5 Å². The molecule has 6 heteroatoms. The van der Waals surface area contributed by atoms with Crippen LogP contribution in [-0.4, -0.2) is 29.1 Å². The van der Waals surface area contributed by atoms with E-state index in [0.29, 0.717) is 11.4 Å². The van der Waals surface area contributed by atoms with Crippen LogP contribution in [0.15, 0.2) is 91.3 Å². The molecule has 2 atom stereocenters. The van der Waals surface area contributed by atoms with Gasteiger partial charge in [0, 0.05) is 30.0 Å². The zero-order chi connectivity index (χ0) is 22.3. The van der Waals surface area contributed by atoms with Crippen LogP contribution < -0.4 is 15.8 Å². The number of carbonyl (C=O) groups excluding carboxylic acids is 1. The standard InChI is InChI=1S/C26H25N3O3/c27-15-24(26(31)29-22-9-6-21-16-28-13-12-20(21)14-22)18-7-10-23(11-8-18)32-17-25(30)19-4-2-1-3-5-19/h1-14,16,24-25,30H,15,17,27H2,(H,29,31). The minimum absolute atomic E-state index is 0.141. The third-order valence-corrected chi connectivity index (χ3v) is 5.33. The summed E-state index contributed by atoms with van der Waals surface area (Å²) < 4.78 is 5.70. The number of nitrogens with zero attached hydrogens (tertiary/aromatic N) is 1. The van der Waals surface area contributed by atoms with Gasteiger partial charge >= 0.3 is 0 Å². The number of nitrogens with two attached hydrogens (primary N) is 1. The first kappa shape index (κ1) is 21.5. The lowest BCUT2D eigenvalue weighted by atomic mass is 9.98. The van der Waals surface area contributed by atoms with Crippen molar-refractivity contribution in [3.63, 3.8) is 0 Å². The number of aliphatic hydroxyl groups is 1. The lowest BCUT2D eigenvalue weighted by molar-refractivity contribution is -0.117. The second-order valence-electron chi connectivity index (χ2n) is 7.52. The molecule has 4 aromatic rings. The maximum atomic E-state index is 12.9. The van der Waals surface area contributed by atoms with Gasteiger partial charge in [-0.25, -0.2) is 0 Å². The topological polar surface area (TPSA) is 97.5 Å². The van der Waals surface area contributed by atoms with Gasteiger partial charge in [-0.1, -0.05) is 48.5 Å². The number of anilines is 1. The number of pyridine rings is 1. The van der Waals surface area contributed by atoms with Gasteiger partial charge in [0.05, 0.1) is 5.92 Å². The van der Waals surface area contributed by atoms with Gasteiger partial charge in [0.15, 0.2) is 0 Å². The van der Waals surface area contributed by atoms with Crippen LogP contribution in [0.2, 0.25) is 0 Å². The highest BCUT2D eigenvalue weighted by Gasteiger charge is 2.19.